The van der Waals surface area contributed by atoms with E-state index >= 15 is 0 Å². The minimum absolute atomic E-state index is 0.417. The first-order chi connectivity index (χ1) is 8.24. The number of rotatable bonds is 6. The van der Waals surface area contributed by atoms with Gasteiger partial charge in [0.1, 0.15) is 5.76 Å². The van der Waals surface area contributed by atoms with E-state index in [0.717, 1.165) is 12.2 Å². The van der Waals surface area contributed by atoms with Gasteiger partial charge in [-0.15, -0.1) is 0 Å². The third kappa shape index (κ3) is 3.71. The van der Waals surface area contributed by atoms with Crippen LogP contribution in [0.2, 0.25) is 0 Å². The van der Waals surface area contributed by atoms with Crippen molar-refractivity contribution >= 4 is 0 Å². The predicted octanol–water partition coefficient (Wildman–Crippen LogP) is 1.95. The number of furan rings is 1. The number of hydrogen-bond donors (Lipinski definition) is 1. The predicted molar refractivity (Wildman–Crippen MR) is 62.4 cm³/mol. The molecule has 0 aliphatic rings. The Kier molecular flexibility index (Phi) is 3.93. The summed E-state index contributed by atoms with van der Waals surface area (Å²) in [6.07, 6.45) is 3.16. The molecule has 2 aromatic rings. The lowest BCUT2D eigenvalue weighted by Crippen LogP contribution is -2.22. The van der Waals surface area contributed by atoms with Crippen molar-refractivity contribution in [2.75, 3.05) is 0 Å². The van der Waals surface area contributed by atoms with E-state index in [9.17, 15) is 0 Å². The van der Waals surface area contributed by atoms with Crippen molar-refractivity contribution in [3.05, 3.63) is 35.9 Å². The summed E-state index contributed by atoms with van der Waals surface area (Å²) >= 11 is 0. The number of hydrogen-bond acceptors (Lipinski definition) is 5. The third-order valence-corrected chi connectivity index (χ3v) is 2.34. The van der Waals surface area contributed by atoms with Crippen LogP contribution < -0.4 is 5.32 Å². The highest BCUT2D eigenvalue weighted by Crippen LogP contribution is 2.06. The summed E-state index contributed by atoms with van der Waals surface area (Å²) in [5.74, 6) is 2.29. The molecule has 0 saturated heterocycles. The van der Waals surface area contributed by atoms with Gasteiger partial charge in [0, 0.05) is 18.9 Å². The maximum absolute atomic E-state index is 5.24. The summed E-state index contributed by atoms with van der Waals surface area (Å²) in [6, 6.07) is 4.23. The van der Waals surface area contributed by atoms with E-state index in [2.05, 4.69) is 29.3 Å². The minimum Gasteiger partial charge on any atom is -0.469 e. The van der Waals surface area contributed by atoms with Gasteiger partial charge in [0.05, 0.1) is 12.8 Å². The summed E-state index contributed by atoms with van der Waals surface area (Å²) < 4.78 is 10.4. The Hall–Kier alpha value is -1.62. The van der Waals surface area contributed by atoms with E-state index in [4.69, 9.17) is 8.94 Å². The molecule has 0 amide bonds. The van der Waals surface area contributed by atoms with Gasteiger partial charge in [-0.3, -0.25) is 0 Å². The largest absolute Gasteiger partial charge is 0.469 e. The van der Waals surface area contributed by atoms with Gasteiger partial charge in [-0.1, -0.05) is 19.0 Å². The van der Waals surface area contributed by atoms with Crippen LogP contribution >= 0.6 is 0 Å². The maximum atomic E-state index is 5.24. The zero-order valence-electron chi connectivity index (χ0n) is 10.1. The van der Waals surface area contributed by atoms with Crippen molar-refractivity contribution in [2.24, 2.45) is 0 Å². The average Bonchev–Trinajstić information content (AvgIpc) is 2.95. The molecule has 0 aromatic carbocycles. The molecule has 0 bridgehead atoms. The SMILES string of the molecule is CC(C)NCc1noc(CCc2ccco2)n1. The minimum atomic E-state index is 0.417. The van der Waals surface area contributed by atoms with Crippen molar-refractivity contribution in [2.45, 2.75) is 39.3 Å². The molecule has 2 heterocycles. The van der Waals surface area contributed by atoms with Gasteiger partial charge in [0.15, 0.2) is 5.82 Å². The van der Waals surface area contributed by atoms with Crippen LogP contribution in [0.1, 0.15) is 31.3 Å². The normalized spacial score (nSPS) is 11.2. The second-order valence-electron chi connectivity index (χ2n) is 4.22. The van der Waals surface area contributed by atoms with Crippen LogP contribution in [0.3, 0.4) is 0 Å². The fraction of sp³-hybridized carbons (Fsp3) is 0.500. The first kappa shape index (κ1) is 11.9. The van der Waals surface area contributed by atoms with Gasteiger partial charge in [0.2, 0.25) is 5.89 Å². The Morgan fingerprint density at radius 3 is 2.94 bits per heavy atom. The Balaban J connectivity index is 1.81. The van der Waals surface area contributed by atoms with Gasteiger partial charge in [0.25, 0.3) is 0 Å². The molecule has 0 atom stereocenters. The third-order valence-electron chi connectivity index (χ3n) is 2.34. The number of aromatic nitrogens is 2. The average molecular weight is 235 g/mol. The fourth-order valence-electron chi connectivity index (χ4n) is 1.44. The van der Waals surface area contributed by atoms with Gasteiger partial charge < -0.3 is 14.3 Å². The van der Waals surface area contributed by atoms with Crippen LogP contribution in [0.25, 0.3) is 0 Å². The first-order valence-electron chi connectivity index (χ1n) is 5.81. The first-order valence-corrected chi connectivity index (χ1v) is 5.81. The second kappa shape index (κ2) is 5.63. The Bertz CT molecular complexity index is 434. The molecular formula is C12H17N3O2. The van der Waals surface area contributed by atoms with Gasteiger partial charge in [-0.25, -0.2) is 0 Å². The van der Waals surface area contributed by atoms with E-state index in [-0.39, 0.29) is 0 Å². The molecule has 0 unspecified atom stereocenters. The lowest BCUT2D eigenvalue weighted by molar-refractivity contribution is 0.366. The molecule has 5 nitrogen and oxygen atoms in total. The van der Waals surface area contributed by atoms with Gasteiger partial charge in [-0.05, 0) is 12.1 Å². The Morgan fingerprint density at radius 1 is 1.35 bits per heavy atom. The van der Waals surface area contributed by atoms with E-state index in [1.165, 1.54) is 0 Å². The molecule has 5 heteroatoms. The smallest absolute Gasteiger partial charge is 0.227 e. The zero-order chi connectivity index (χ0) is 12.1. The van der Waals surface area contributed by atoms with Crippen LogP contribution in [0.5, 0.6) is 0 Å². The quantitative estimate of drug-likeness (QED) is 0.829. The van der Waals surface area contributed by atoms with E-state index < -0.39 is 0 Å². The number of aryl methyl sites for hydroxylation is 2. The Morgan fingerprint density at radius 2 is 2.24 bits per heavy atom. The molecule has 2 rings (SSSR count). The van der Waals surface area contributed by atoms with Crippen molar-refractivity contribution in [3.63, 3.8) is 0 Å². The lowest BCUT2D eigenvalue weighted by Gasteiger charge is -2.03. The van der Waals surface area contributed by atoms with E-state index in [1.807, 2.05) is 12.1 Å². The summed E-state index contributed by atoms with van der Waals surface area (Å²) in [6.45, 7) is 4.80. The van der Waals surface area contributed by atoms with Crippen molar-refractivity contribution in [1.29, 1.82) is 0 Å². The van der Waals surface area contributed by atoms with Crippen LogP contribution in [0.4, 0.5) is 0 Å². The molecule has 0 aliphatic carbocycles. The molecule has 0 radical (unpaired) electrons. The topological polar surface area (TPSA) is 64.1 Å². The van der Waals surface area contributed by atoms with E-state index in [0.29, 0.717) is 30.7 Å². The molecule has 92 valence electrons. The summed E-state index contributed by atoms with van der Waals surface area (Å²) in [5.41, 5.74) is 0. The Labute approximate surface area is 100 Å². The standard InChI is InChI=1S/C12H17N3O2/c1-9(2)13-8-11-14-12(17-15-11)6-5-10-4-3-7-16-10/h3-4,7,9,13H,5-6,8H2,1-2H3. The highest BCUT2D eigenvalue weighted by atomic mass is 16.5. The molecule has 0 fully saturated rings. The molecule has 0 saturated carbocycles. The van der Waals surface area contributed by atoms with Crippen LogP contribution in [0.15, 0.2) is 27.3 Å². The molecule has 0 spiro atoms. The molecule has 0 aliphatic heterocycles. The van der Waals surface area contributed by atoms with Crippen molar-refractivity contribution in [3.8, 4) is 0 Å². The summed E-state index contributed by atoms with van der Waals surface area (Å²) in [4.78, 5) is 4.30. The lowest BCUT2D eigenvalue weighted by atomic mass is 10.2. The van der Waals surface area contributed by atoms with Crippen LogP contribution in [-0.4, -0.2) is 16.2 Å². The van der Waals surface area contributed by atoms with Gasteiger partial charge in [-0.2, -0.15) is 4.98 Å². The van der Waals surface area contributed by atoms with Crippen molar-refractivity contribution < 1.29 is 8.94 Å². The second-order valence-corrected chi connectivity index (χ2v) is 4.22. The number of nitrogens with one attached hydrogen (secondary N) is 1. The summed E-state index contributed by atoms with van der Waals surface area (Å²) in [7, 11) is 0. The molecule has 2 aromatic heterocycles. The molecule has 1 N–H and O–H groups in total. The molecule has 17 heavy (non-hydrogen) atoms. The fourth-order valence-corrected chi connectivity index (χ4v) is 1.44. The van der Waals surface area contributed by atoms with Gasteiger partial charge >= 0.3 is 0 Å². The number of nitrogens with zero attached hydrogens (tertiary/aromatic N) is 2. The monoisotopic (exact) mass is 235 g/mol. The maximum Gasteiger partial charge on any atom is 0.227 e. The highest BCUT2D eigenvalue weighted by Gasteiger charge is 2.07. The van der Waals surface area contributed by atoms with Crippen LogP contribution in [-0.2, 0) is 19.4 Å². The summed E-state index contributed by atoms with van der Waals surface area (Å²) in [5, 5.41) is 7.15. The van der Waals surface area contributed by atoms with Crippen LogP contribution in [0, 0.1) is 0 Å². The van der Waals surface area contributed by atoms with Crippen molar-refractivity contribution in [1.82, 2.24) is 15.5 Å². The molecular weight excluding hydrogens is 218 g/mol. The highest BCUT2D eigenvalue weighted by molar-refractivity contribution is 5.00. The zero-order valence-corrected chi connectivity index (χ0v) is 10.1. The van der Waals surface area contributed by atoms with E-state index in [1.54, 1.807) is 6.26 Å².